The molecular formula is C28H59N3O5PS+. The van der Waals surface area contributed by atoms with Crippen LogP contribution >= 0.6 is 20.0 Å². The predicted molar refractivity (Wildman–Crippen MR) is 163 cm³/mol. The van der Waals surface area contributed by atoms with Crippen molar-refractivity contribution < 1.29 is 28.1 Å². The highest BCUT2D eigenvalue weighted by molar-refractivity contribution is 7.80. The summed E-state index contributed by atoms with van der Waals surface area (Å²) in [5.41, 5.74) is -0.272. The van der Waals surface area contributed by atoms with E-state index in [0.717, 1.165) is 12.8 Å². The molecule has 0 amide bonds. The number of allylic oxidation sites excluding steroid dienone is 1. The number of unbranched alkanes of at least 4 members (excludes halogenated alkanes) is 11. The molecule has 0 fully saturated rings. The van der Waals surface area contributed by atoms with Crippen molar-refractivity contribution in [3.8, 4) is 0 Å². The fraction of sp³-hybridized carbons (Fsp3) is 0.893. The molecule has 0 saturated carbocycles. The SMILES string of the molecule is CCCCCCCCCCCCC/C=C/C(O)C(COP(=O)(O)OCC[N+](C)(C)C)NC(=S)NC(C)(C)C. The quantitative estimate of drug-likeness (QED) is 0.0402. The molecule has 0 bridgehead atoms. The van der Waals surface area contributed by atoms with Gasteiger partial charge in [0.2, 0.25) is 0 Å². The third-order valence-electron chi connectivity index (χ3n) is 5.96. The van der Waals surface area contributed by atoms with E-state index in [-0.39, 0.29) is 18.8 Å². The number of hydrogen-bond donors (Lipinski definition) is 4. The van der Waals surface area contributed by atoms with Crippen LogP contribution in [0.25, 0.3) is 0 Å². The van der Waals surface area contributed by atoms with E-state index in [1.165, 1.54) is 64.2 Å². The lowest BCUT2D eigenvalue weighted by Crippen LogP contribution is -2.53. The van der Waals surface area contributed by atoms with Gasteiger partial charge in [-0.15, -0.1) is 0 Å². The fourth-order valence-electron chi connectivity index (χ4n) is 3.71. The van der Waals surface area contributed by atoms with Crippen molar-refractivity contribution in [1.82, 2.24) is 10.6 Å². The Hall–Kier alpha value is -0.540. The number of aliphatic hydroxyl groups excluding tert-OH is 1. The zero-order valence-corrected chi connectivity index (χ0v) is 27.0. The summed E-state index contributed by atoms with van der Waals surface area (Å²) in [4.78, 5) is 10.1. The number of phosphoric ester groups is 1. The number of hydrogen-bond acceptors (Lipinski definition) is 5. The highest BCUT2D eigenvalue weighted by Crippen LogP contribution is 2.43. The second kappa shape index (κ2) is 20.4. The number of aliphatic hydroxyl groups is 1. The number of thiocarbonyl (C=S) groups is 1. The highest BCUT2D eigenvalue weighted by Gasteiger charge is 2.27. The molecule has 0 aromatic heterocycles. The van der Waals surface area contributed by atoms with Gasteiger partial charge in [-0.05, 0) is 45.8 Å². The first-order valence-corrected chi connectivity index (χ1v) is 16.4. The Labute approximate surface area is 239 Å². The van der Waals surface area contributed by atoms with Gasteiger partial charge in [0, 0.05) is 5.54 Å². The first-order valence-electron chi connectivity index (χ1n) is 14.5. The van der Waals surface area contributed by atoms with Crippen LogP contribution in [0.3, 0.4) is 0 Å². The monoisotopic (exact) mass is 580 g/mol. The maximum absolute atomic E-state index is 12.4. The summed E-state index contributed by atoms with van der Waals surface area (Å²) in [6.45, 7) is 8.57. The van der Waals surface area contributed by atoms with Crippen LogP contribution in [0.1, 0.15) is 105 Å². The average Bonchev–Trinajstić information content (AvgIpc) is 2.77. The van der Waals surface area contributed by atoms with E-state index in [9.17, 15) is 14.6 Å². The van der Waals surface area contributed by atoms with E-state index < -0.39 is 20.0 Å². The zero-order valence-electron chi connectivity index (χ0n) is 25.3. The molecule has 226 valence electrons. The molecule has 0 aliphatic heterocycles. The Morgan fingerprint density at radius 1 is 0.974 bits per heavy atom. The van der Waals surface area contributed by atoms with Crippen LogP contribution in [-0.4, -0.2) is 78.2 Å². The van der Waals surface area contributed by atoms with Crippen molar-refractivity contribution in [2.24, 2.45) is 0 Å². The van der Waals surface area contributed by atoms with Crippen LogP contribution in [0.15, 0.2) is 12.2 Å². The first-order chi connectivity index (χ1) is 17.7. The molecule has 0 aromatic rings. The number of nitrogens with zero attached hydrogens (tertiary/aromatic N) is 1. The number of nitrogens with one attached hydrogen (secondary N) is 2. The molecule has 10 heteroatoms. The molecule has 0 aliphatic rings. The second-order valence-electron chi connectivity index (χ2n) is 12.3. The topological polar surface area (TPSA) is 100 Å². The molecular weight excluding hydrogens is 521 g/mol. The van der Waals surface area contributed by atoms with Crippen molar-refractivity contribution >= 4 is 25.2 Å². The Kier molecular flexibility index (Phi) is 20.1. The molecule has 0 spiro atoms. The van der Waals surface area contributed by atoms with E-state index in [1.807, 2.05) is 48.0 Å². The Morgan fingerprint density at radius 2 is 1.50 bits per heavy atom. The van der Waals surface area contributed by atoms with Gasteiger partial charge in [0.05, 0.1) is 39.9 Å². The highest BCUT2D eigenvalue weighted by atomic mass is 32.1. The summed E-state index contributed by atoms with van der Waals surface area (Å²) in [5.74, 6) is 0. The zero-order chi connectivity index (χ0) is 29.1. The molecule has 0 radical (unpaired) electrons. The van der Waals surface area contributed by atoms with E-state index in [1.54, 1.807) is 6.08 Å². The largest absolute Gasteiger partial charge is 0.472 e. The second-order valence-corrected chi connectivity index (χ2v) is 14.2. The minimum Gasteiger partial charge on any atom is -0.387 e. The van der Waals surface area contributed by atoms with Crippen molar-refractivity contribution in [3.63, 3.8) is 0 Å². The van der Waals surface area contributed by atoms with Crippen molar-refractivity contribution in [2.75, 3.05) is 40.9 Å². The molecule has 0 rings (SSSR count). The van der Waals surface area contributed by atoms with Gasteiger partial charge in [0.1, 0.15) is 13.2 Å². The van der Waals surface area contributed by atoms with Gasteiger partial charge < -0.3 is 25.1 Å². The summed E-state index contributed by atoms with van der Waals surface area (Å²) in [5, 5.41) is 17.3. The van der Waals surface area contributed by atoms with Gasteiger partial charge >= 0.3 is 7.82 Å². The minimum absolute atomic E-state index is 0.0841. The van der Waals surface area contributed by atoms with Crippen molar-refractivity contribution in [3.05, 3.63) is 12.2 Å². The standard InChI is InChI=1S/C28H58N3O5PS/c1-8-9-10-11-12-13-14-15-16-17-18-19-20-21-26(32)25(29-27(38)30-28(2,3)4)24-36-37(33,34)35-23-22-31(5,6)7/h20-21,25-26,32H,8-19,22-24H2,1-7H3,(H2-,29,30,33,34,38)/p+1/b21-20+. The Morgan fingerprint density at radius 3 is 2.00 bits per heavy atom. The maximum atomic E-state index is 12.4. The van der Waals surface area contributed by atoms with Gasteiger partial charge in [-0.3, -0.25) is 9.05 Å². The maximum Gasteiger partial charge on any atom is 0.472 e. The van der Waals surface area contributed by atoms with Gasteiger partial charge in [0.25, 0.3) is 0 Å². The summed E-state index contributed by atoms with van der Waals surface area (Å²) in [6.07, 6.45) is 17.8. The molecule has 38 heavy (non-hydrogen) atoms. The van der Waals surface area contributed by atoms with E-state index in [4.69, 9.17) is 21.3 Å². The van der Waals surface area contributed by atoms with E-state index >= 15 is 0 Å². The molecule has 0 aromatic carbocycles. The lowest BCUT2D eigenvalue weighted by molar-refractivity contribution is -0.870. The third kappa shape index (κ3) is 24.5. The molecule has 4 N–H and O–H groups in total. The number of likely N-dealkylation sites (N-methyl/N-ethyl adjacent to an activating group) is 1. The first kappa shape index (κ1) is 37.5. The summed E-state index contributed by atoms with van der Waals surface area (Å²) in [7, 11) is 1.64. The smallest absolute Gasteiger partial charge is 0.387 e. The van der Waals surface area contributed by atoms with Gasteiger partial charge in [-0.2, -0.15) is 0 Å². The van der Waals surface area contributed by atoms with Crippen LogP contribution in [0, 0.1) is 0 Å². The normalized spacial score (nSPS) is 15.8. The van der Waals surface area contributed by atoms with Crippen molar-refractivity contribution in [1.29, 1.82) is 0 Å². The van der Waals surface area contributed by atoms with Crippen LogP contribution in [-0.2, 0) is 13.6 Å². The lowest BCUT2D eigenvalue weighted by Gasteiger charge is -2.28. The van der Waals surface area contributed by atoms with Crippen LogP contribution in [0.2, 0.25) is 0 Å². The molecule has 3 atom stereocenters. The molecule has 0 aliphatic carbocycles. The molecule has 0 heterocycles. The van der Waals surface area contributed by atoms with Crippen LogP contribution < -0.4 is 10.6 Å². The van der Waals surface area contributed by atoms with Crippen LogP contribution in [0.5, 0.6) is 0 Å². The number of rotatable bonds is 22. The Balaban J connectivity index is 4.56. The van der Waals surface area contributed by atoms with Crippen molar-refractivity contribution in [2.45, 2.75) is 122 Å². The minimum atomic E-state index is -4.27. The van der Waals surface area contributed by atoms with E-state index in [2.05, 4.69) is 17.6 Å². The van der Waals surface area contributed by atoms with Crippen LogP contribution in [0.4, 0.5) is 0 Å². The number of quaternary nitrogens is 1. The Bertz CT molecular complexity index is 695. The summed E-state index contributed by atoms with van der Waals surface area (Å²) < 4.78 is 23.3. The van der Waals surface area contributed by atoms with Gasteiger partial charge in [-0.25, -0.2) is 4.57 Å². The molecule has 0 saturated heterocycles. The summed E-state index contributed by atoms with van der Waals surface area (Å²) in [6, 6.07) is -0.714. The molecule has 3 unspecified atom stereocenters. The van der Waals surface area contributed by atoms with E-state index in [0.29, 0.717) is 16.1 Å². The van der Waals surface area contributed by atoms with Gasteiger partial charge in [-0.1, -0.05) is 83.3 Å². The lowest BCUT2D eigenvalue weighted by atomic mass is 10.0. The molecule has 8 nitrogen and oxygen atoms in total. The average molecular weight is 581 g/mol. The number of phosphoric acid groups is 1. The predicted octanol–water partition coefficient (Wildman–Crippen LogP) is 6.08. The third-order valence-corrected chi connectivity index (χ3v) is 7.16. The summed E-state index contributed by atoms with van der Waals surface area (Å²) >= 11 is 5.38. The fourth-order valence-corrected chi connectivity index (χ4v) is 4.90. The van der Waals surface area contributed by atoms with Gasteiger partial charge in [0.15, 0.2) is 5.11 Å².